The van der Waals surface area contributed by atoms with E-state index < -0.39 is 21.4 Å². The Kier molecular flexibility index (Phi) is 12.5. The van der Waals surface area contributed by atoms with Crippen molar-refractivity contribution in [3.8, 4) is 106 Å². The highest BCUT2D eigenvalue weighted by Gasteiger charge is 2.49. The molecule has 0 N–H and O–H groups in total. The van der Waals surface area contributed by atoms with Crippen LogP contribution in [-0.2, 0) is 10.1 Å². The Morgan fingerprint density at radius 1 is 0.352 bits per heavy atom. The van der Waals surface area contributed by atoms with Crippen molar-refractivity contribution in [1.29, 1.82) is 0 Å². The number of alkyl halides is 3. The van der Waals surface area contributed by atoms with Crippen molar-refractivity contribution in [2.45, 2.75) is 26.3 Å². The van der Waals surface area contributed by atoms with Gasteiger partial charge in [-0.05, 0) is 165 Å². The Morgan fingerprint density at radius 3 is 1.06 bits per heavy atom. The van der Waals surface area contributed by atoms with Gasteiger partial charge < -0.3 is 4.18 Å². The number of aromatic nitrogens is 3. The Morgan fingerprint density at radius 2 is 0.676 bits per heavy atom. The fourth-order valence-electron chi connectivity index (χ4n) is 8.90. The van der Waals surface area contributed by atoms with E-state index in [-0.39, 0.29) is 5.56 Å². The van der Waals surface area contributed by atoms with E-state index in [2.05, 4.69) is 118 Å². The summed E-state index contributed by atoms with van der Waals surface area (Å²) >= 11 is 0. The molecular weight excluding hydrogens is 912 g/mol. The maximum Gasteiger partial charge on any atom is 0.534 e. The molecule has 0 radical (unpaired) electrons. The van der Waals surface area contributed by atoms with Gasteiger partial charge in [0.15, 0.2) is 5.75 Å². The van der Waals surface area contributed by atoms with E-state index in [1.807, 2.05) is 81.7 Å². The van der Waals surface area contributed by atoms with Crippen LogP contribution < -0.4 is 4.18 Å². The summed E-state index contributed by atoms with van der Waals surface area (Å²) in [6, 6.07) is 62.7. The zero-order valence-corrected chi connectivity index (χ0v) is 39.6. The molecule has 0 spiro atoms. The molecular formula is C61H44F3N3O3S. The second-order valence-corrected chi connectivity index (χ2v) is 19.0. The average Bonchev–Trinajstić information content (AvgIpc) is 3.38. The minimum Gasteiger partial charge on any atom is -0.375 e. The molecule has 10 rings (SSSR count). The van der Waals surface area contributed by atoms with Crippen LogP contribution >= 0.6 is 0 Å². The summed E-state index contributed by atoms with van der Waals surface area (Å²) in [7, 11) is -6.08. The van der Waals surface area contributed by atoms with Crippen molar-refractivity contribution in [3.05, 3.63) is 229 Å². The summed E-state index contributed by atoms with van der Waals surface area (Å²) in [4.78, 5) is 13.6. The molecule has 0 aliphatic heterocycles. The fourth-order valence-corrected chi connectivity index (χ4v) is 9.37. The van der Waals surface area contributed by atoms with Gasteiger partial charge in [0.1, 0.15) is 0 Å². The van der Waals surface area contributed by atoms with E-state index in [0.717, 1.165) is 89.3 Å². The molecule has 10 aromatic rings. The van der Waals surface area contributed by atoms with Gasteiger partial charge in [-0.25, -0.2) is 0 Å². The molecule has 0 aliphatic rings. The van der Waals surface area contributed by atoms with Gasteiger partial charge in [-0.15, -0.1) is 0 Å². The maximum absolute atomic E-state index is 14.1. The second-order valence-electron chi connectivity index (χ2n) is 17.4. The Labute approximate surface area is 411 Å². The monoisotopic (exact) mass is 955 g/mol. The first kappa shape index (κ1) is 46.3. The first-order valence-corrected chi connectivity index (χ1v) is 24.3. The Hall–Kier alpha value is -8.47. The number of halogens is 3. The van der Waals surface area contributed by atoms with E-state index in [0.29, 0.717) is 22.4 Å². The molecule has 7 aromatic carbocycles. The highest BCUT2D eigenvalue weighted by molar-refractivity contribution is 7.88. The quantitative estimate of drug-likeness (QED) is 0.0949. The molecule has 0 unspecified atom stereocenters. The van der Waals surface area contributed by atoms with Crippen LogP contribution in [0.4, 0.5) is 13.2 Å². The Bertz CT molecular complexity index is 3570. The standard InChI is InChI=1S/C61H44F3N3O3S/c1-39-26-29-65-57(32-39)44-20-16-42(17-21-44)50-10-4-6-12-52(50)47-35-48(53-13-7-5-11-51(53)43-18-22-45(23-19-43)58-33-40(2)27-30-66-58)37-49(36-47)54-14-8-9-15-55(54)56-25-24-46(59-34-41(3)28-31-67-59)38-60(56)70-71(68,69)61(62,63)64/h4-38H,1-3H3. The van der Waals surface area contributed by atoms with E-state index in [4.69, 9.17) is 4.18 Å². The van der Waals surface area contributed by atoms with Crippen LogP contribution in [0.15, 0.2) is 213 Å². The van der Waals surface area contributed by atoms with E-state index in [1.165, 1.54) is 6.07 Å². The molecule has 0 aliphatic carbocycles. The van der Waals surface area contributed by atoms with Crippen LogP contribution in [0.1, 0.15) is 16.7 Å². The average molecular weight is 956 g/mol. The first-order chi connectivity index (χ1) is 34.3. The van der Waals surface area contributed by atoms with Crippen molar-refractivity contribution in [1.82, 2.24) is 15.0 Å². The molecule has 348 valence electrons. The molecule has 0 saturated carbocycles. The number of benzene rings is 7. The lowest BCUT2D eigenvalue weighted by Gasteiger charge is -2.19. The third kappa shape index (κ3) is 9.75. The van der Waals surface area contributed by atoms with Gasteiger partial charge in [0, 0.05) is 40.8 Å². The number of hydrogen-bond donors (Lipinski definition) is 0. The van der Waals surface area contributed by atoms with Crippen LogP contribution in [-0.4, -0.2) is 28.9 Å². The smallest absolute Gasteiger partial charge is 0.375 e. The molecule has 3 aromatic heterocycles. The van der Waals surface area contributed by atoms with Crippen LogP contribution in [0.2, 0.25) is 0 Å². The second kappa shape index (κ2) is 19.1. The van der Waals surface area contributed by atoms with Crippen molar-refractivity contribution in [3.63, 3.8) is 0 Å². The highest BCUT2D eigenvalue weighted by Crippen LogP contribution is 2.45. The number of rotatable bonds is 11. The van der Waals surface area contributed by atoms with Gasteiger partial charge in [0.05, 0.1) is 17.1 Å². The minimum atomic E-state index is -6.08. The lowest BCUT2D eigenvalue weighted by Crippen LogP contribution is -2.28. The zero-order valence-electron chi connectivity index (χ0n) is 38.8. The fraction of sp³-hybridized carbons (Fsp3) is 0.0656. The summed E-state index contributed by atoms with van der Waals surface area (Å²) in [6.07, 6.45) is 5.20. The predicted molar refractivity (Wildman–Crippen MR) is 279 cm³/mol. The maximum atomic E-state index is 14.1. The van der Waals surface area contributed by atoms with Gasteiger partial charge in [0.25, 0.3) is 0 Å². The molecule has 6 nitrogen and oxygen atoms in total. The van der Waals surface area contributed by atoms with Gasteiger partial charge in [-0.3, -0.25) is 15.0 Å². The molecule has 3 heterocycles. The first-order valence-electron chi connectivity index (χ1n) is 22.9. The summed E-state index contributed by atoms with van der Waals surface area (Å²) in [5.41, 5.74) is 11.5. The van der Waals surface area contributed by atoms with Crippen molar-refractivity contribution >= 4 is 10.1 Å². The molecule has 0 atom stereocenters. The lowest BCUT2D eigenvalue weighted by atomic mass is 9.86. The van der Waals surface area contributed by atoms with Crippen molar-refractivity contribution in [2.24, 2.45) is 0 Å². The van der Waals surface area contributed by atoms with Crippen LogP contribution in [0.3, 0.4) is 0 Å². The third-order valence-electron chi connectivity index (χ3n) is 12.4. The predicted octanol–water partition coefficient (Wildman–Crippen LogP) is 16.0. The van der Waals surface area contributed by atoms with E-state index in [9.17, 15) is 21.6 Å². The summed E-state index contributed by atoms with van der Waals surface area (Å²) < 4.78 is 72.9. The summed E-state index contributed by atoms with van der Waals surface area (Å²) in [5, 5.41) is 0. The Balaban J connectivity index is 1.16. The molecule has 0 bridgehead atoms. The number of aryl methyl sites for hydroxylation is 3. The van der Waals surface area contributed by atoms with Crippen LogP contribution in [0.5, 0.6) is 5.75 Å². The topological polar surface area (TPSA) is 82.0 Å². The van der Waals surface area contributed by atoms with Gasteiger partial charge >= 0.3 is 15.6 Å². The summed E-state index contributed by atoms with van der Waals surface area (Å²) in [5.74, 6) is -0.490. The number of nitrogens with zero attached hydrogens (tertiary/aromatic N) is 3. The zero-order chi connectivity index (χ0) is 49.3. The largest absolute Gasteiger partial charge is 0.534 e. The van der Waals surface area contributed by atoms with Gasteiger partial charge in [0.2, 0.25) is 0 Å². The van der Waals surface area contributed by atoms with Gasteiger partial charge in [-0.1, -0.05) is 127 Å². The van der Waals surface area contributed by atoms with E-state index >= 15 is 0 Å². The molecule has 71 heavy (non-hydrogen) atoms. The number of pyridine rings is 3. The van der Waals surface area contributed by atoms with Crippen LogP contribution in [0.25, 0.3) is 101 Å². The molecule has 0 amide bonds. The molecule has 0 fully saturated rings. The minimum absolute atomic E-state index is 0.143. The molecule has 0 saturated heterocycles. The normalized spacial score (nSPS) is 11.6. The lowest BCUT2D eigenvalue weighted by molar-refractivity contribution is -0.0499. The van der Waals surface area contributed by atoms with E-state index in [1.54, 1.807) is 42.6 Å². The van der Waals surface area contributed by atoms with Gasteiger partial charge in [-0.2, -0.15) is 21.6 Å². The highest BCUT2D eigenvalue weighted by atomic mass is 32.2. The third-order valence-corrected chi connectivity index (χ3v) is 13.4. The van der Waals surface area contributed by atoms with Crippen molar-refractivity contribution in [2.75, 3.05) is 0 Å². The SMILES string of the molecule is Cc1ccnc(-c2ccc(-c3ccccc3-c3cc(-c4ccccc4-c4ccc(-c5cc(C)ccn5)cc4)cc(-c4ccccc4-c4ccc(-c5cc(C)ccn5)cc4OS(=O)(=O)C(F)(F)F)c3)cc2)c1. The molecule has 10 heteroatoms. The summed E-state index contributed by atoms with van der Waals surface area (Å²) in [6.45, 7) is 5.95. The number of hydrogen-bond acceptors (Lipinski definition) is 6. The van der Waals surface area contributed by atoms with Crippen molar-refractivity contribution < 1.29 is 25.8 Å². The van der Waals surface area contributed by atoms with Crippen LogP contribution in [0, 0.1) is 20.8 Å².